The van der Waals surface area contributed by atoms with Crippen molar-refractivity contribution < 1.29 is 5.11 Å². The maximum absolute atomic E-state index is 9.27. The predicted octanol–water partition coefficient (Wildman–Crippen LogP) is 4.51. The third kappa shape index (κ3) is 3.74. The van der Waals surface area contributed by atoms with Gasteiger partial charge in [0.1, 0.15) is 5.75 Å². The average molecular weight is 320 g/mol. The lowest BCUT2D eigenvalue weighted by atomic mass is 10.1. The molecule has 0 heterocycles. The van der Waals surface area contributed by atoms with Gasteiger partial charge in [-0.15, -0.1) is 0 Å². The molecule has 0 amide bonds. The molecule has 19 heavy (non-hydrogen) atoms. The molecular formula is C16H18BrNO. The van der Waals surface area contributed by atoms with Gasteiger partial charge in [0.15, 0.2) is 0 Å². The Hall–Kier alpha value is -1.48. The van der Waals surface area contributed by atoms with Crippen molar-refractivity contribution >= 4 is 21.6 Å². The zero-order chi connectivity index (χ0) is 13.8. The maximum atomic E-state index is 9.27. The monoisotopic (exact) mass is 319 g/mol. The molecule has 0 aliphatic carbocycles. The van der Waals surface area contributed by atoms with Gasteiger partial charge in [-0.2, -0.15) is 0 Å². The molecule has 2 aromatic carbocycles. The minimum absolute atomic E-state index is 0.311. The first-order valence-corrected chi connectivity index (χ1v) is 7.15. The molecule has 100 valence electrons. The number of benzene rings is 2. The summed E-state index contributed by atoms with van der Waals surface area (Å²) < 4.78 is 1.12. The summed E-state index contributed by atoms with van der Waals surface area (Å²) in [5.74, 6) is 0.311. The van der Waals surface area contributed by atoms with Crippen molar-refractivity contribution in [2.24, 2.45) is 0 Å². The van der Waals surface area contributed by atoms with Crippen molar-refractivity contribution in [2.75, 3.05) is 5.32 Å². The van der Waals surface area contributed by atoms with Crippen LogP contribution in [-0.4, -0.2) is 11.1 Å². The van der Waals surface area contributed by atoms with Crippen molar-refractivity contribution in [1.82, 2.24) is 0 Å². The molecule has 1 atom stereocenters. The highest BCUT2D eigenvalue weighted by Gasteiger charge is 2.07. The van der Waals surface area contributed by atoms with Gasteiger partial charge in [-0.1, -0.05) is 24.3 Å². The van der Waals surface area contributed by atoms with Gasteiger partial charge in [-0.25, -0.2) is 0 Å². The number of aromatic hydroxyl groups is 1. The van der Waals surface area contributed by atoms with Gasteiger partial charge in [0.25, 0.3) is 0 Å². The van der Waals surface area contributed by atoms with Crippen molar-refractivity contribution in [3.63, 3.8) is 0 Å². The van der Waals surface area contributed by atoms with Crippen LogP contribution in [0.25, 0.3) is 0 Å². The summed E-state index contributed by atoms with van der Waals surface area (Å²) in [6, 6.07) is 13.9. The minimum atomic E-state index is 0.311. The van der Waals surface area contributed by atoms with Crippen LogP contribution in [-0.2, 0) is 6.42 Å². The van der Waals surface area contributed by atoms with Gasteiger partial charge in [0.2, 0.25) is 0 Å². The number of hydrogen-bond donors (Lipinski definition) is 2. The lowest BCUT2D eigenvalue weighted by molar-refractivity contribution is 0.475. The number of halogens is 1. The molecule has 0 fully saturated rings. The lowest BCUT2D eigenvalue weighted by Crippen LogP contribution is -2.18. The van der Waals surface area contributed by atoms with Crippen LogP contribution in [0, 0.1) is 6.92 Å². The number of rotatable bonds is 4. The first kappa shape index (κ1) is 13.9. The van der Waals surface area contributed by atoms with E-state index < -0.39 is 0 Å². The SMILES string of the molecule is Cc1cccc(NC(C)Cc2ccc(O)cc2)c1Br. The van der Waals surface area contributed by atoms with Crippen molar-refractivity contribution in [3.8, 4) is 5.75 Å². The molecule has 2 N–H and O–H groups in total. The molecular weight excluding hydrogens is 302 g/mol. The van der Waals surface area contributed by atoms with Gasteiger partial charge >= 0.3 is 0 Å². The number of anilines is 1. The van der Waals surface area contributed by atoms with E-state index >= 15 is 0 Å². The van der Waals surface area contributed by atoms with E-state index in [4.69, 9.17) is 0 Å². The molecule has 0 bridgehead atoms. The van der Waals surface area contributed by atoms with Gasteiger partial charge < -0.3 is 10.4 Å². The van der Waals surface area contributed by atoms with Crippen molar-refractivity contribution in [2.45, 2.75) is 26.3 Å². The summed E-state index contributed by atoms with van der Waals surface area (Å²) in [6.07, 6.45) is 0.917. The molecule has 0 spiro atoms. The van der Waals surface area contributed by atoms with Crippen LogP contribution >= 0.6 is 15.9 Å². The van der Waals surface area contributed by atoms with Crippen LogP contribution in [0.4, 0.5) is 5.69 Å². The molecule has 2 rings (SSSR count). The molecule has 0 radical (unpaired) electrons. The fraction of sp³-hybridized carbons (Fsp3) is 0.250. The summed E-state index contributed by atoms with van der Waals surface area (Å²) in [7, 11) is 0. The average Bonchev–Trinajstić information content (AvgIpc) is 2.38. The molecule has 0 saturated heterocycles. The Morgan fingerprint density at radius 1 is 1.16 bits per heavy atom. The second kappa shape index (κ2) is 6.11. The lowest BCUT2D eigenvalue weighted by Gasteiger charge is -2.17. The molecule has 0 aromatic heterocycles. The summed E-state index contributed by atoms with van der Waals surface area (Å²) in [4.78, 5) is 0. The van der Waals surface area contributed by atoms with Gasteiger partial charge in [-0.3, -0.25) is 0 Å². The van der Waals surface area contributed by atoms with E-state index in [1.54, 1.807) is 12.1 Å². The van der Waals surface area contributed by atoms with Crippen LogP contribution in [0.3, 0.4) is 0 Å². The molecule has 0 aliphatic heterocycles. The highest BCUT2D eigenvalue weighted by Crippen LogP contribution is 2.26. The van der Waals surface area contributed by atoms with E-state index in [-0.39, 0.29) is 0 Å². The quantitative estimate of drug-likeness (QED) is 0.869. The van der Waals surface area contributed by atoms with Crippen LogP contribution in [0.2, 0.25) is 0 Å². The van der Waals surface area contributed by atoms with Crippen molar-refractivity contribution in [1.29, 1.82) is 0 Å². The van der Waals surface area contributed by atoms with Crippen LogP contribution in [0.1, 0.15) is 18.1 Å². The third-order valence-corrected chi connectivity index (χ3v) is 4.12. The topological polar surface area (TPSA) is 32.3 Å². The second-order valence-electron chi connectivity index (χ2n) is 4.85. The standard InChI is InChI=1S/C16H18BrNO/c1-11-4-3-5-15(16(11)17)18-12(2)10-13-6-8-14(19)9-7-13/h3-9,12,18-19H,10H2,1-2H3. The zero-order valence-electron chi connectivity index (χ0n) is 11.2. The normalized spacial score (nSPS) is 12.2. The molecule has 0 aliphatic rings. The highest BCUT2D eigenvalue weighted by atomic mass is 79.9. The summed E-state index contributed by atoms with van der Waals surface area (Å²) in [5.41, 5.74) is 3.55. The van der Waals surface area contributed by atoms with Crippen LogP contribution < -0.4 is 5.32 Å². The van der Waals surface area contributed by atoms with E-state index in [2.05, 4.69) is 53.3 Å². The van der Waals surface area contributed by atoms with Gasteiger partial charge in [0.05, 0.1) is 0 Å². The number of phenols is 1. The number of aryl methyl sites for hydroxylation is 1. The molecule has 2 nitrogen and oxygen atoms in total. The van der Waals surface area contributed by atoms with E-state index in [0.717, 1.165) is 16.6 Å². The van der Waals surface area contributed by atoms with Gasteiger partial charge in [-0.05, 0) is 65.5 Å². The van der Waals surface area contributed by atoms with E-state index in [9.17, 15) is 5.11 Å². The van der Waals surface area contributed by atoms with Crippen LogP contribution in [0.5, 0.6) is 5.75 Å². The Labute approximate surface area is 122 Å². The Morgan fingerprint density at radius 3 is 2.53 bits per heavy atom. The Balaban J connectivity index is 2.03. The first-order valence-electron chi connectivity index (χ1n) is 6.36. The number of phenolic OH excluding ortho intramolecular Hbond substituents is 1. The highest BCUT2D eigenvalue weighted by molar-refractivity contribution is 9.10. The fourth-order valence-corrected chi connectivity index (χ4v) is 2.44. The van der Waals surface area contributed by atoms with E-state index in [1.165, 1.54) is 11.1 Å². The summed E-state index contributed by atoms with van der Waals surface area (Å²) in [5, 5.41) is 12.8. The molecule has 0 saturated carbocycles. The minimum Gasteiger partial charge on any atom is -0.508 e. The Kier molecular flexibility index (Phi) is 4.48. The first-order chi connectivity index (χ1) is 9.06. The van der Waals surface area contributed by atoms with Crippen LogP contribution in [0.15, 0.2) is 46.9 Å². The smallest absolute Gasteiger partial charge is 0.115 e. The Morgan fingerprint density at radius 2 is 1.84 bits per heavy atom. The Bertz CT molecular complexity index is 551. The molecule has 2 aromatic rings. The summed E-state index contributed by atoms with van der Waals surface area (Å²) >= 11 is 3.61. The van der Waals surface area contributed by atoms with Gasteiger partial charge in [0, 0.05) is 16.2 Å². The molecule has 3 heteroatoms. The van der Waals surface area contributed by atoms with E-state index in [0.29, 0.717) is 11.8 Å². The largest absolute Gasteiger partial charge is 0.508 e. The number of hydrogen-bond acceptors (Lipinski definition) is 2. The zero-order valence-corrected chi connectivity index (χ0v) is 12.7. The fourth-order valence-electron chi connectivity index (χ4n) is 2.06. The van der Waals surface area contributed by atoms with Crippen molar-refractivity contribution in [3.05, 3.63) is 58.1 Å². The number of nitrogens with one attached hydrogen (secondary N) is 1. The molecule has 1 unspecified atom stereocenters. The predicted molar refractivity (Wildman–Crippen MR) is 83.8 cm³/mol. The second-order valence-corrected chi connectivity index (χ2v) is 5.65. The third-order valence-electron chi connectivity index (χ3n) is 3.07. The summed E-state index contributed by atoms with van der Waals surface area (Å²) in [6.45, 7) is 4.24. The maximum Gasteiger partial charge on any atom is 0.115 e. The van der Waals surface area contributed by atoms with E-state index in [1.807, 2.05) is 12.1 Å².